The average molecular weight is 210 g/mol. The molecule has 2 N–H and O–H groups in total. The molecule has 0 saturated heterocycles. The van der Waals surface area contributed by atoms with E-state index in [1.165, 1.54) is 0 Å². The number of likely N-dealkylation sites (N-methyl/N-ethyl adjacent to an activating group) is 1. The monoisotopic (exact) mass is 210 g/mol. The highest BCUT2D eigenvalue weighted by Gasteiger charge is 2.05. The minimum Gasteiger partial charge on any atom is -0.382 e. The van der Waals surface area contributed by atoms with Gasteiger partial charge in [0.15, 0.2) is 0 Å². The number of hydrogen-bond acceptors (Lipinski definition) is 5. The van der Waals surface area contributed by atoms with Gasteiger partial charge in [0, 0.05) is 19.7 Å². The molecule has 0 atom stereocenters. The van der Waals surface area contributed by atoms with E-state index >= 15 is 0 Å². The largest absolute Gasteiger partial charge is 0.382 e. The van der Waals surface area contributed by atoms with Gasteiger partial charge in [-0.1, -0.05) is 0 Å². The van der Waals surface area contributed by atoms with Crippen molar-refractivity contribution in [3.63, 3.8) is 0 Å². The minimum atomic E-state index is 0.444. The van der Waals surface area contributed by atoms with Crippen LogP contribution >= 0.6 is 0 Å². The van der Waals surface area contributed by atoms with Gasteiger partial charge in [-0.2, -0.15) is 0 Å². The van der Waals surface area contributed by atoms with Crippen molar-refractivity contribution in [2.45, 2.75) is 13.8 Å². The standard InChI is InChI=1S/C10H18N4O/c1-3-14(5-6-15-4-2)10-8-12-9(11)7-13-10/h7-8H,3-6H2,1-2H3,(H2,11,12). The van der Waals surface area contributed by atoms with Crippen molar-refractivity contribution in [1.29, 1.82) is 0 Å². The minimum absolute atomic E-state index is 0.444. The zero-order valence-corrected chi connectivity index (χ0v) is 9.31. The van der Waals surface area contributed by atoms with Gasteiger partial charge in [0.25, 0.3) is 0 Å². The average Bonchev–Trinajstić information content (AvgIpc) is 2.26. The lowest BCUT2D eigenvalue weighted by Gasteiger charge is -2.21. The lowest BCUT2D eigenvalue weighted by atomic mass is 10.4. The number of hydrogen-bond donors (Lipinski definition) is 1. The van der Waals surface area contributed by atoms with Gasteiger partial charge in [0.1, 0.15) is 11.6 Å². The van der Waals surface area contributed by atoms with Crippen molar-refractivity contribution in [2.75, 3.05) is 36.9 Å². The molecule has 0 bridgehead atoms. The second-order valence-corrected chi connectivity index (χ2v) is 3.08. The van der Waals surface area contributed by atoms with E-state index < -0.39 is 0 Å². The van der Waals surface area contributed by atoms with Gasteiger partial charge < -0.3 is 15.4 Å². The Hall–Kier alpha value is -1.36. The zero-order valence-electron chi connectivity index (χ0n) is 9.31. The van der Waals surface area contributed by atoms with Crippen molar-refractivity contribution in [2.24, 2.45) is 0 Å². The molecule has 0 radical (unpaired) electrons. The zero-order chi connectivity index (χ0) is 11.1. The molecular weight excluding hydrogens is 192 g/mol. The molecule has 0 aliphatic rings. The van der Waals surface area contributed by atoms with Crippen molar-refractivity contribution in [3.05, 3.63) is 12.4 Å². The van der Waals surface area contributed by atoms with Crippen LogP contribution in [0.4, 0.5) is 11.6 Å². The molecular formula is C10H18N4O. The first-order valence-corrected chi connectivity index (χ1v) is 5.18. The summed E-state index contributed by atoms with van der Waals surface area (Å²) in [5.41, 5.74) is 5.47. The van der Waals surface area contributed by atoms with Crippen LogP contribution in [0.15, 0.2) is 12.4 Å². The molecule has 1 aromatic heterocycles. The van der Waals surface area contributed by atoms with E-state index in [0.29, 0.717) is 12.4 Å². The van der Waals surface area contributed by atoms with Crippen LogP contribution in [0.25, 0.3) is 0 Å². The third kappa shape index (κ3) is 3.71. The fourth-order valence-corrected chi connectivity index (χ4v) is 1.25. The second kappa shape index (κ2) is 6.19. The molecule has 5 nitrogen and oxygen atoms in total. The van der Waals surface area contributed by atoms with Crippen molar-refractivity contribution in [1.82, 2.24) is 9.97 Å². The molecule has 1 aromatic rings. The van der Waals surface area contributed by atoms with Crippen molar-refractivity contribution in [3.8, 4) is 0 Å². The second-order valence-electron chi connectivity index (χ2n) is 3.08. The maximum absolute atomic E-state index is 5.47. The summed E-state index contributed by atoms with van der Waals surface area (Å²) >= 11 is 0. The van der Waals surface area contributed by atoms with Gasteiger partial charge in [-0.15, -0.1) is 0 Å². The van der Waals surface area contributed by atoms with Crippen LogP contribution in [0.3, 0.4) is 0 Å². The summed E-state index contributed by atoms with van der Waals surface area (Å²) in [4.78, 5) is 10.3. The summed E-state index contributed by atoms with van der Waals surface area (Å²) in [6.45, 7) is 7.21. The Morgan fingerprint density at radius 1 is 1.33 bits per heavy atom. The van der Waals surface area contributed by atoms with E-state index in [-0.39, 0.29) is 0 Å². The van der Waals surface area contributed by atoms with Gasteiger partial charge >= 0.3 is 0 Å². The highest BCUT2D eigenvalue weighted by atomic mass is 16.5. The molecule has 5 heteroatoms. The van der Waals surface area contributed by atoms with Gasteiger partial charge in [0.05, 0.1) is 19.0 Å². The van der Waals surface area contributed by atoms with Crippen LogP contribution < -0.4 is 10.6 Å². The number of rotatable bonds is 6. The van der Waals surface area contributed by atoms with E-state index in [4.69, 9.17) is 10.5 Å². The number of ether oxygens (including phenoxy) is 1. The Balaban J connectivity index is 2.53. The highest BCUT2D eigenvalue weighted by molar-refractivity contribution is 5.38. The Bertz CT molecular complexity index is 275. The molecule has 0 unspecified atom stereocenters. The van der Waals surface area contributed by atoms with Gasteiger partial charge in [0.2, 0.25) is 0 Å². The molecule has 0 fully saturated rings. The van der Waals surface area contributed by atoms with Crippen LogP contribution in [0, 0.1) is 0 Å². The molecule has 84 valence electrons. The van der Waals surface area contributed by atoms with Gasteiger partial charge in [-0.3, -0.25) is 0 Å². The Kier molecular flexibility index (Phi) is 4.83. The summed E-state index contributed by atoms with van der Waals surface area (Å²) in [5.74, 6) is 1.28. The molecule has 0 amide bonds. The van der Waals surface area contributed by atoms with E-state index in [1.807, 2.05) is 6.92 Å². The number of anilines is 2. The van der Waals surface area contributed by atoms with Crippen LogP contribution in [0.5, 0.6) is 0 Å². The normalized spacial score (nSPS) is 10.3. The molecule has 1 heterocycles. The smallest absolute Gasteiger partial charge is 0.147 e. The molecule has 0 aliphatic carbocycles. The molecule has 0 saturated carbocycles. The number of nitrogens with zero attached hydrogens (tertiary/aromatic N) is 3. The third-order valence-corrected chi connectivity index (χ3v) is 2.07. The molecule has 1 rings (SSSR count). The predicted molar refractivity (Wildman–Crippen MR) is 60.8 cm³/mol. The summed E-state index contributed by atoms with van der Waals surface area (Å²) in [6, 6.07) is 0. The Labute approximate surface area is 90.3 Å². The number of aromatic nitrogens is 2. The first kappa shape index (κ1) is 11.7. The number of nitrogens with two attached hydrogens (primary N) is 1. The van der Waals surface area contributed by atoms with E-state index in [0.717, 1.165) is 25.5 Å². The summed E-state index contributed by atoms with van der Waals surface area (Å²) in [6.07, 6.45) is 3.25. The highest BCUT2D eigenvalue weighted by Crippen LogP contribution is 2.08. The fraction of sp³-hybridized carbons (Fsp3) is 0.600. The number of nitrogen functional groups attached to an aromatic ring is 1. The maximum Gasteiger partial charge on any atom is 0.147 e. The third-order valence-electron chi connectivity index (χ3n) is 2.07. The summed E-state index contributed by atoms with van der Waals surface area (Å²) in [7, 11) is 0. The first-order valence-electron chi connectivity index (χ1n) is 5.18. The lowest BCUT2D eigenvalue weighted by Crippen LogP contribution is -2.28. The predicted octanol–water partition coefficient (Wildman–Crippen LogP) is 0.922. The molecule has 0 aliphatic heterocycles. The van der Waals surface area contributed by atoms with Crippen LogP contribution in [-0.2, 0) is 4.74 Å². The molecule has 0 aromatic carbocycles. The summed E-state index contributed by atoms with van der Waals surface area (Å²) in [5, 5.41) is 0. The van der Waals surface area contributed by atoms with E-state index in [9.17, 15) is 0 Å². The lowest BCUT2D eigenvalue weighted by molar-refractivity contribution is 0.154. The van der Waals surface area contributed by atoms with Crippen LogP contribution in [-0.4, -0.2) is 36.3 Å². The fourth-order valence-electron chi connectivity index (χ4n) is 1.25. The van der Waals surface area contributed by atoms with Crippen LogP contribution in [0.1, 0.15) is 13.8 Å². The molecule has 15 heavy (non-hydrogen) atoms. The van der Waals surface area contributed by atoms with Crippen molar-refractivity contribution >= 4 is 11.6 Å². The topological polar surface area (TPSA) is 64.3 Å². The molecule has 0 spiro atoms. The first-order chi connectivity index (χ1) is 7.27. The van der Waals surface area contributed by atoms with Gasteiger partial charge in [-0.05, 0) is 13.8 Å². The maximum atomic E-state index is 5.47. The quantitative estimate of drug-likeness (QED) is 0.707. The van der Waals surface area contributed by atoms with Crippen LogP contribution in [0.2, 0.25) is 0 Å². The van der Waals surface area contributed by atoms with E-state index in [1.54, 1.807) is 12.4 Å². The van der Waals surface area contributed by atoms with Gasteiger partial charge in [-0.25, -0.2) is 9.97 Å². The SMILES string of the molecule is CCOCCN(CC)c1cnc(N)cn1. The Morgan fingerprint density at radius 2 is 2.13 bits per heavy atom. The summed E-state index contributed by atoms with van der Waals surface area (Å²) < 4.78 is 5.30. The Morgan fingerprint density at radius 3 is 2.67 bits per heavy atom. The van der Waals surface area contributed by atoms with E-state index in [2.05, 4.69) is 21.8 Å². The van der Waals surface area contributed by atoms with Crippen molar-refractivity contribution < 1.29 is 4.74 Å².